The zero-order valence-corrected chi connectivity index (χ0v) is 11.2. The van der Waals surface area contributed by atoms with Crippen molar-refractivity contribution < 1.29 is 0 Å². The summed E-state index contributed by atoms with van der Waals surface area (Å²) in [6.45, 7) is 2.11. The fourth-order valence-electron chi connectivity index (χ4n) is 1.91. The molecule has 1 aromatic carbocycles. The standard InChI is InChI=1S/C13H15ClN2S/c1-9-12(5-6-17-9)13(16-15)8-10-3-2-4-11(14)7-10/h2-7,13,16H,8,15H2,1H3. The van der Waals surface area contributed by atoms with Crippen molar-refractivity contribution in [3.05, 3.63) is 56.7 Å². The van der Waals surface area contributed by atoms with Gasteiger partial charge >= 0.3 is 0 Å². The van der Waals surface area contributed by atoms with Crippen LogP contribution in [-0.2, 0) is 6.42 Å². The summed E-state index contributed by atoms with van der Waals surface area (Å²) in [7, 11) is 0. The quantitative estimate of drug-likeness (QED) is 0.657. The molecule has 0 aliphatic carbocycles. The summed E-state index contributed by atoms with van der Waals surface area (Å²) in [5.74, 6) is 5.64. The average molecular weight is 267 g/mol. The highest BCUT2D eigenvalue weighted by molar-refractivity contribution is 7.10. The third-order valence-corrected chi connectivity index (χ3v) is 3.90. The zero-order chi connectivity index (χ0) is 12.3. The number of nitrogens with one attached hydrogen (secondary N) is 1. The smallest absolute Gasteiger partial charge is 0.0511 e. The highest BCUT2D eigenvalue weighted by atomic mass is 35.5. The molecule has 1 atom stereocenters. The molecule has 1 unspecified atom stereocenters. The van der Waals surface area contributed by atoms with Crippen molar-refractivity contribution in [1.29, 1.82) is 0 Å². The van der Waals surface area contributed by atoms with Crippen LogP contribution >= 0.6 is 22.9 Å². The van der Waals surface area contributed by atoms with E-state index >= 15 is 0 Å². The molecule has 0 bridgehead atoms. The van der Waals surface area contributed by atoms with Crippen LogP contribution in [0, 0.1) is 6.92 Å². The third kappa shape index (κ3) is 3.07. The van der Waals surface area contributed by atoms with Crippen LogP contribution in [-0.4, -0.2) is 0 Å². The normalized spacial score (nSPS) is 12.6. The summed E-state index contributed by atoms with van der Waals surface area (Å²) in [6, 6.07) is 10.2. The van der Waals surface area contributed by atoms with Crippen LogP contribution in [0.5, 0.6) is 0 Å². The van der Waals surface area contributed by atoms with E-state index in [-0.39, 0.29) is 6.04 Å². The minimum absolute atomic E-state index is 0.139. The average Bonchev–Trinajstić information content (AvgIpc) is 2.72. The van der Waals surface area contributed by atoms with Crippen molar-refractivity contribution in [2.75, 3.05) is 0 Å². The van der Waals surface area contributed by atoms with Gasteiger partial charge in [0.15, 0.2) is 0 Å². The van der Waals surface area contributed by atoms with E-state index in [1.165, 1.54) is 16.0 Å². The molecule has 1 aromatic heterocycles. The topological polar surface area (TPSA) is 38.0 Å². The highest BCUT2D eigenvalue weighted by Gasteiger charge is 2.13. The summed E-state index contributed by atoms with van der Waals surface area (Å²) in [6.07, 6.45) is 0.842. The van der Waals surface area contributed by atoms with Gasteiger partial charge < -0.3 is 0 Å². The molecule has 0 saturated carbocycles. The van der Waals surface area contributed by atoms with E-state index in [2.05, 4.69) is 29.9 Å². The van der Waals surface area contributed by atoms with Gasteiger partial charge in [-0.1, -0.05) is 23.7 Å². The van der Waals surface area contributed by atoms with E-state index in [4.69, 9.17) is 17.4 Å². The molecule has 0 amide bonds. The van der Waals surface area contributed by atoms with Crippen LogP contribution in [0.15, 0.2) is 35.7 Å². The third-order valence-electron chi connectivity index (χ3n) is 2.80. The fourth-order valence-corrected chi connectivity index (χ4v) is 2.89. The van der Waals surface area contributed by atoms with Gasteiger partial charge in [0, 0.05) is 9.90 Å². The van der Waals surface area contributed by atoms with Crippen LogP contribution in [0.4, 0.5) is 0 Å². The van der Waals surface area contributed by atoms with Crippen molar-refractivity contribution in [3.8, 4) is 0 Å². The minimum atomic E-state index is 0.139. The van der Waals surface area contributed by atoms with Crippen molar-refractivity contribution >= 4 is 22.9 Å². The van der Waals surface area contributed by atoms with Gasteiger partial charge in [-0.3, -0.25) is 11.3 Å². The van der Waals surface area contributed by atoms with Crippen molar-refractivity contribution in [1.82, 2.24) is 5.43 Å². The van der Waals surface area contributed by atoms with E-state index in [0.29, 0.717) is 0 Å². The van der Waals surface area contributed by atoms with Crippen LogP contribution in [0.1, 0.15) is 22.0 Å². The largest absolute Gasteiger partial charge is 0.271 e. The Morgan fingerprint density at radius 1 is 1.41 bits per heavy atom. The molecule has 0 saturated heterocycles. The molecule has 0 aliphatic heterocycles. The first-order chi connectivity index (χ1) is 8.20. The first kappa shape index (κ1) is 12.6. The fraction of sp³-hybridized carbons (Fsp3) is 0.231. The van der Waals surface area contributed by atoms with E-state index in [0.717, 1.165) is 11.4 Å². The molecule has 0 spiro atoms. The predicted molar refractivity (Wildman–Crippen MR) is 74.3 cm³/mol. The molecule has 2 rings (SSSR count). The highest BCUT2D eigenvalue weighted by Crippen LogP contribution is 2.25. The lowest BCUT2D eigenvalue weighted by molar-refractivity contribution is 0.551. The van der Waals surface area contributed by atoms with E-state index < -0.39 is 0 Å². The number of hydrazine groups is 1. The van der Waals surface area contributed by atoms with Gasteiger partial charge in [0.05, 0.1) is 6.04 Å². The second kappa shape index (κ2) is 5.65. The van der Waals surface area contributed by atoms with Crippen LogP contribution < -0.4 is 11.3 Å². The Kier molecular flexibility index (Phi) is 4.18. The van der Waals surface area contributed by atoms with Gasteiger partial charge in [-0.15, -0.1) is 11.3 Å². The second-order valence-electron chi connectivity index (χ2n) is 3.99. The van der Waals surface area contributed by atoms with Crippen molar-refractivity contribution in [3.63, 3.8) is 0 Å². The number of thiophene rings is 1. The van der Waals surface area contributed by atoms with Gasteiger partial charge in [-0.2, -0.15) is 0 Å². The minimum Gasteiger partial charge on any atom is -0.271 e. The predicted octanol–water partition coefficient (Wildman–Crippen LogP) is 3.46. The first-order valence-corrected chi connectivity index (χ1v) is 6.71. The molecule has 17 heavy (non-hydrogen) atoms. The van der Waals surface area contributed by atoms with Gasteiger partial charge in [0.2, 0.25) is 0 Å². The summed E-state index contributed by atoms with van der Waals surface area (Å²) in [5.41, 5.74) is 5.32. The van der Waals surface area contributed by atoms with Crippen LogP contribution in [0.2, 0.25) is 5.02 Å². The monoisotopic (exact) mass is 266 g/mol. The Morgan fingerprint density at radius 2 is 2.24 bits per heavy atom. The van der Waals surface area contributed by atoms with Crippen molar-refractivity contribution in [2.24, 2.45) is 5.84 Å². The van der Waals surface area contributed by atoms with E-state index in [9.17, 15) is 0 Å². The summed E-state index contributed by atoms with van der Waals surface area (Å²) < 4.78 is 0. The maximum absolute atomic E-state index is 5.98. The number of hydrogen-bond acceptors (Lipinski definition) is 3. The number of halogens is 1. The number of hydrogen-bond donors (Lipinski definition) is 2. The number of aryl methyl sites for hydroxylation is 1. The Balaban J connectivity index is 2.19. The molecule has 3 N–H and O–H groups in total. The lowest BCUT2D eigenvalue weighted by atomic mass is 10.0. The molecule has 90 valence electrons. The Morgan fingerprint density at radius 3 is 2.82 bits per heavy atom. The molecule has 0 fully saturated rings. The lowest BCUT2D eigenvalue weighted by Gasteiger charge is -2.16. The lowest BCUT2D eigenvalue weighted by Crippen LogP contribution is -2.29. The summed E-state index contributed by atoms with van der Waals surface area (Å²) in [5, 5.41) is 2.85. The molecule has 0 radical (unpaired) electrons. The number of rotatable bonds is 4. The summed E-state index contributed by atoms with van der Waals surface area (Å²) >= 11 is 7.72. The Bertz CT molecular complexity index is 496. The first-order valence-electron chi connectivity index (χ1n) is 5.45. The Labute approximate surface area is 110 Å². The molecule has 1 heterocycles. The van der Waals surface area contributed by atoms with Gasteiger partial charge in [0.25, 0.3) is 0 Å². The zero-order valence-electron chi connectivity index (χ0n) is 9.61. The number of benzene rings is 1. The number of nitrogens with two attached hydrogens (primary N) is 1. The van der Waals surface area contributed by atoms with E-state index in [1.807, 2.05) is 18.2 Å². The second-order valence-corrected chi connectivity index (χ2v) is 5.54. The van der Waals surface area contributed by atoms with Crippen LogP contribution in [0.25, 0.3) is 0 Å². The molecule has 2 nitrogen and oxygen atoms in total. The maximum atomic E-state index is 5.98. The van der Waals surface area contributed by atoms with Gasteiger partial charge in [0.1, 0.15) is 0 Å². The molecular weight excluding hydrogens is 252 g/mol. The summed E-state index contributed by atoms with van der Waals surface area (Å²) in [4.78, 5) is 1.30. The molecular formula is C13H15ClN2S. The Hall–Kier alpha value is -0.870. The molecule has 4 heteroatoms. The van der Waals surface area contributed by atoms with Crippen molar-refractivity contribution in [2.45, 2.75) is 19.4 Å². The van der Waals surface area contributed by atoms with Gasteiger partial charge in [-0.25, -0.2) is 0 Å². The molecule has 2 aromatic rings. The molecule has 0 aliphatic rings. The van der Waals surface area contributed by atoms with Crippen LogP contribution in [0.3, 0.4) is 0 Å². The SMILES string of the molecule is Cc1sccc1C(Cc1cccc(Cl)c1)NN. The maximum Gasteiger partial charge on any atom is 0.0511 e. The van der Waals surface area contributed by atoms with E-state index in [1.54, 1.807) is 11.3 Å². The van der Waals surface area contributed by atoms with Gasteiger partial charge in [-0.05, 0) is 48.1 Å².